The Labute approximate surface area is 143 Å². The van der Waals surface area contributed by atoms with E-state index in [0.29, 0.717) is 13.1 Å². The fourth-order valence-corrected chi connectivity index (χ4v) is 2.91. The van der Waals surface area contributed by atoms with Gasteiger partial charge in [-0.2, -0.15) is 0 Å². The van der Waals surface area contributed by atoms with Crippen molar-refractivity contribution in [2.24, 2.45) is 0 Å². The topological polar surface area (TPSA) is 67.2 Å². The summed E-state index contributed by atoms with van der Waals surface area (Å²) >= 11 is 0. The number of hydrogen-bond acceptors (Lipinski definition) is 5. The van der Waals surface area contributed by atoms with Crippen molar-refractivity contribution in [3.8, 4) is 0 Å². The van der Waals surface area contributed by atoms with E-state index in [-0.39, 0.29) is 19.8 Å². The van der Waals surface area contributed by atoms with Crippen LogP contribution in [0.3, 0.4) is 0 Å². The third-order valence-electron chi connectivity index (χ3n) is 4.28. The number of rotatable bonds is 18. The molecule has 0 unspecified atom stereocenters. The average Bonchev–Trinajstić information content (AvgIpc) is 2.54. The van der Waals surface area contributed by atoms with E-state index in [9.17, 15) is 5.11 Å². The summed E-state index contributed by atoms with van der Waals surface area (Å²) in [6, 6.07) is 0. The molecule has 0 aliphatic heterocycles. The molecule has 23 heavy (non-hydrogen) atoms. The third-order valence-corrected chi connectivity index (χ3v) is 4.28. The highest BCUT2D eigenvalue weighted by Crippen LogP contribution is 2.08. The molecule has 0 fully saturated rings. The van der Waals surface area contributed by atoms with Gasteiger partial charge in [-0.25, -0.2) is 0 Å². The highest BCUT2D eigenvalue weighted by molar-refractivity contribution is 4.62. The van der Waals surface area contributed by atoms with Crippen LogP contribution in [-0.4, -0.2) is 84.2 Å². The van der Waals surface area contributed by atoms with Gasteiger partial charge in [0.05, 0.1) is 19.8 Å². The molecule has 0 heterocycles. The van der Waals surface area contributed by atoms with E-state index in [2.05, 4.69) is 16.7 Å². The monoisotopic (exact) mass is 332 g/mol. The van der Waals surface area contributed by atoms with Gasteiger partial charge in [0.25, 0.3) is 0 Å². The zero-order valence-corrected chi connectivity index (χ0v) is 15.3. The Morgan fingerprint density at radius 1 is 0.478 bits per heavy atom. The Morgan fingerprint density at radius 3 is 1.35 bits per heavy atom. The molecular formula is C18H40N2O3. The molecule has 0 aromatic carbocycles. The zero-order chi connectivity index (χ0) is 17.2. The Balaban J connectivity index is 3.75. The molecule has 0 rings (SSSR count). The van der Waals surface area contributed by atoms with Crippen LogP contribution in [-0.2, 0) is 0 Å². The van der Waals surface area contributed by atoms with E-state index in [1.807, 2.05) is 0 Å². The molecule has 0 bridgehead atoms. The second-order valence-electron chi connectivity index (χ2n) is 6.33. The fraction of sp³-hybridized carbons (Fsp3) is 1.00. The SMILES string of the molecule is CCCCCCCCCN(CCO)CCCN(CCO)CCO. The summed E-state index contributed by atoms with van der Waals surface area (Å²) in [5.74, 6) is 0. The largest absolute Gasteiger partial charge is 0.395 e. The Morgan fingerprint density at radius 2 is 0.870 bits per heavy atom. The van der Waals surface area contributed by atoms with E-state index >= 15 is 0 Å². The number of nitrogens with zero attached hydrogens (tertiary/aromatic N) is 2. The predicted octanol–water partition coefficient (Wildman–Crippen LogP) is 1.71. The standard InChI is InChI=1S/C18H40N2O3/c1-2-3-4-5-6-7-8-10-19(13-16-21)11-9-12-20(14-17-22)15-18-23/h21-23H,2-18H2,1H3. The number of unbranched alkanes of at least 4 members (excludes halogenated alkanes) is 6. The van der Waals surface area contributed by atoms with Crippen molar-refractivity contribution in [2.45, 2.75) is 58.3 Å². The van der Waals surface area contributed by atoms with Crippen LogP contribution in [0.15, 0.2) is 0 Å². The molecule has 0 atom stereocenters. The molecule has 0 aliphatic rings. The first kappa shape index (κ1) is 22.8. The van der Waals surface area contributed by atoms with Crippen LogP contribution in [0.1, 0.15) is 58.3 Å². The molecule has 0 amide bonds. The number of aliphatic hydroxyl groups is 3. The predicted molar refractivity (Wildman–Crippen MR) is 96.7 cm³/mol. The van der Waals surface area contributed by atoms with Crippen LogP contribution in [0, 0.1) is 0 Å². The first-order valence-corrected chi connectivity index (χ1v) is 9.55. The molecule has 5 heteroatoms. The summed E-state index contributed by atoms with van der Waals surface area (Å²) in [6.07, 6.45) is 10.2. The second kappa shape index (κ2) is 18.1. The molecule has 0 aliphatic carbocycles. The first-order chi connectivity index (χ1) is 11.3. The Bertz CT molecular complexity index is 224. The maximum atomic E-state index is 9.20. The molecule has 0 saturated carbocycles. The van der Waals surface area contributed by atoms with E-state index in [0.717, 1.165) is 32.6 Å². The lowest BCUT2D eigenvalue weighted by molar-refractivity contribution is 0.147. The lowest BCUT2D eigenvalue weighted by Gasteiger charge is -2.24. The quantitative estimate of drug-likeness (QED) is 0.333. The van der Waals surface area contributed by atoms with Crippen LogP contribution in [0.2, 0.25) is 0 Å². The summed E-state index contributed by atoms with van der Waals surface area (Å²) in [7, 11) is 0. The van der Waals surface area contributed by atoms with Gasteiger partial charge >= 0.3 is 0 Å². The van der Waals surface area contributed by atoms with E-state index in [1.165, 1.54) is 44.9 Å². The van der Waals surface area contributed by atoms with Crippen molar-refractivity contribution in [3.63, 3.8) is 0 Å². The van der Waals surface area contributed by atoms with Crippen molar-refractivity contribution in [1.29, 1.82) is 0 Å². The smallest absolute Gasteiger partial charge is 0.0558 e. The molecular weight excluding hydrogens is 292 g/mol. The maximum absolute atomic E-state index is 9.20. The molecule has 0 saturated heterocycles. The third kappa shape index (κ3) is 15.1. The number of hydrogen-bond donors (Lipinski definition) is 3. The van der Waals surface area contributed by atoms with Gasteiger partial charge < -0.3 is 20.2 Å². The lowest BCUT2D eigenvalue weighted by Crippen LogP contribution is -2.35. The molecule has 0 aromatic heterocycles. The minimum Gasteiger partial charge on any atom is -0.395 e. The normalized spacial score (nSPS) is 11.7. The summed E-state index contributed by atoms with van der Waals surface area (Å²) in [6.45, 7) is 7.66. The van der Waals surface area contributed by atoms with E-state index in [4.69, 9.17) is 10.2 Å². The van der Waals surface area contributed by atoms with Gasteiger partial charge in [0.2, 0.25) is 0 Å². The maximum Gasteiger partial charge on any atom is 0.0558 e. The van der Waals surface area contributed by atoms with Gasteiger partial charge in [0.1, 0.15) is 0 Å². The second-order valence-corrected chi connectivity index (χ2v) is 6.33. The molecule has 0 radical (unpaired) electrons. The summed E-state index contributed by atoms with van der Waals surface area (Å²) in [4.78, 5) is 4.42. The average molecular weight is 333 g/mol. The van der Waals surface area contributed by atoms with Gasteiger partial charge in [-0.3, -0.25) is 4.90 Å². The van der Waals surface area contributed by atoms with Gasteiger partial charge in [-0.15, -0.1) is 0 Å². The zero-order valence-electron chi connectivity index (χ0n) is 15.3. The van der Waals surface area contributed by atoms with Crippen LogP contribution in [0.25, 0.3) is 0 Å². The van der Waals surface area contributed by atoms with Crippen molar-refractivity contribution in [3.05, 3.63) is 0 Å². The minimum atomic E-state index is 0.137. The summed E-state index contributed by atoms with van der Waals surface area (Å²) in [5, 5.41) is 27.2. The lowest BCUT2D eigenvalue weighted by atomic mass is 10.1. The minimum absolute atomic E-state index is 0.137. The molecule has 5 nitrogen and oxygen atoms in total. The van der Waals surface area contributed by atoms with Crippen LogP contribution >= 0.6 is 0 Å². The molecule has 140 valence electrons. The first-order valence-electron chi connectivity index (χ1n) is 9.55. The van der Waals surface area contributed by atoms with Crippen LogP contribution in [0.5, 0.6) is 0 Å². The van der Waals surface area contributed by atoms with Crippen LogP contribution < -0.4 is 0 Å². The van der Waals surface area contributed by atoms with Gasteiger partial charge in [0, 0.05) is 19.6 Å². The van der Waals surface area contributed by atoms with Crippen molar-refractivity contribution < 1.29 is 15.3 Å². The Hall–Kier alpha value is -0.200. The fourth-order valence-electron chi connectivity index (χ4n) is 2.91. The summed E-state index contributed by atoms with van der Waals surface area (Å²) in [5.41, 5.74) is 0. The highest BCUT2D eigenvalue weighted by Gasteiger charge is 2.07. The van der Waals surface area contributed by atoms with Crippen molar-refractivity contribution in [1.82, 2.24) is 9.80 Å². The van der Waals surface area contributed by atoms with Crippen molar-refractivity contribution in [2.75, 3.05) is 59.1 Å². The molecule has 0 aromatic rings. The highest BCUT2D eigenvalue weighted by atomic mass is 16.3. The number of aliphatic hydroxyl groups excluding tert-OH is 3. The van der Waals surface area contributed by atoms with Gasteiger partial charge in [-0.1, -0.05) is 45.4 Å². The van der Waals surface area contributed by atoms with Gasteiger partial charge in [-0.05, 0) is 32.5 Å². The molecule has 3 N–H and O–H groups in total. The van der Waals surface area contributed by atoms with E-state index < -0.39 is 0 Å². The Kier molecular flexibility index (Phi) is 18.0. The van der Waals surface area contributed by atoms with Gasteiger partial charge in [0.15, 0.2) is 0 Å². The van der Waals surface area contributed by atoms with Crippen LogP contribution in [0.4, 0.5) is 0 Å². The van der Waals surface area contributed by atoms with Crippen molar-refractivity contribution >= 4 is 0 Å². The molecule has 0 spiro atoms. The van der Waals surface area contributed by atoms with E-state index in [1.54, 1.807) is 0 Å². The summed E-state index contributed by atoms with van der Waals surface area (Å²) < 4.78 is 0.